The van der Waals surface area contributed by atoms with Crippen LogP contribution in [-0.2, 0) is 0 Å². The average molecular weight is 295 g/mol. The van der Waals surface area contributed by atoms with Gasteiger partial charge in [-0.3, -0.25) is 0 Å². The minimum absolute atomic E-state index is 0.220. The highest BCUT2D eigenvalue weighted by Gasteiger charge is 2.13. The number of nitrogens with zero attached hydrogens (tertiary/aromatic N) is 4. The molecule has 3 heterocycles. The van der Waals surface area contributed by atoms with Gasteiger partial charge in [-0.25, -0.2) is 9.50 Å². The number of pyridine rings is 1. The minimum Gasteiger partial charge on any atom is -0.508 e. The van der Waals surface area contributed by atoms with E-state index in [1.807, 2.05) is 12.3 Å². The molecule has 0 saturated carbocycles. The number of aromatic hydroxyl groups is 1. The number of benzene rings is 1. The second-order valence-electron chi connectivity index (χ2n) is 5.41. The quantitative estimate of drug-likeness (QED) is 0.750. The second-order valence-corrected chi connectivity index (χ2v) is 5.41. The summed E-state index contributed by atoms with van der Waals surface area (Å²) in [6, 6.07) is 11.1. The van der Waals surface area contributed by atoms with Crippen molar-refractivity contribution in [3.63, 3.8) is 0 Å². The Bertz CT molecular complexity index is 807. The lowest BCUT2D eigenvalue weighted by molar-refractivity contribution is 0.475. The average Bonchev–Trinajstić information content (AvgIpc) is 2.99. The summed E-state index contributed by atoms with van der Waals surface area (Å²) < 4.78 is 1.77. The molecule has 0 spiro atoms. The van der Waals surface area contributed by atoms with Crippen LogP contribution in [0, 0.1) is 0 Å². The Hall–Kier alpha value is -2.60. The first kappa shape index (κ1) is 13.1. The van der Waals surface area contributed by atoms with E-state index in [0.29, 0.717) is 5.82 Å². The molecule has 0 radical (unpaired) electrons. The molecular formula is C16H17N5O. The second kappa shape index (κ2) is 5.31. The predicted molar refractivity (Wildman–Crippen MR) is 85.2 cm³/mol. The Morgan fingerprint density at radius 2 is 1.95 bits per heavy atom. The van der Waals surface area contributed by atoms with E-state index in [2.05, 4.69) is 32.4 Å². The number of anilines is 1. The lowest BCUT2D eigenvalue weighted by atomic mass is 10.2. The molecule has 3 aromatic rings. The molecule has 0 unspecified atom stereocenters. The molecule has 1 aliphatic rings. The number of nitrogens with one attached hydrogen (secondary N) is 1. The molecule has 0 aliphatic carbocycles. The minimum atomic E-state index is 0.220. The Labute approximate surface area is 128 Å². The highest BCUT2D eigenvalue weighted by molar-refractivity contribution is 5.63. The van der Waals surface area contributed by atoms with E-state index < -0.39 is 0 Å². The number of rotatable bonds is 2. The molecule has 0 bridgehead atoms. The van der Waals surface area contributed by atoms with Crippen LogP contribution in [0.5, 0.6) is 5.75 Å². The van der Waals surface area contributed by atoms with Crippen molar-refractivity contribution < 1.29 is 5.11 Å². The summed E-state index contributed by atoms with van der Waals surface area (Å²) in [5.74, 6) is 0.839. The van der Waals surface area contributed by atoms with E-state index >= 15 is 0 Å². The lowest BCUT2D eigenvalue weighted by Gasteiger charge is -2.29. The van der Waals surface area contributed by atoms with Crippen LogP contribution in [0.3, 0.4) is 0 Å². The summed E-state index contributed by atoms with van der Waals surface area (Å²) in [5.41, 5.74) is 2.80. The Balaban J connectivity index is 1.71. The lowest BCUT2D eigenvalue weighted by Crippen LogP contribution is -2.43. The summed E-state index contributed by atoms with van der Waals surface area (Å²) in [6.07, 6.45) is 1.94. The molecule has 4 rings (SSSR count). The largest absolute Gasteiger partial charge is 0.508 e. The number of hydrogen-bond acceptors (Lipinski definition) is 5. The third-order valence-electron chi connectivity index (χ3n) is 3.91. The third kappa shape index (κ3) is 2.37. The standard InChI is InChI=1S/C16H17N5O/c22-14-3-1-2-12(10-14)16-18-15-11-13(4-7-21(15)19-16)20-8-5-17-6-9-20/h1-4,7,10-11,17,22H,5-6,8-9H2. The molecule has 2 N–H and O–H groups in total. The van der Waals surface area contributed by atoms with Crippen molar-refractivity contribution in [1.82, 2.24) is 19.9 Å². The first-order chi connectivity index (χ1) is 10.8. The molecule has 22 heavy (non-hydrogen) atoms. The van der Waals surface area contributed by atoms with Crippen molar-refractivity contribution in [1.29, 1.82) is 0 Å². The van der Waals surface area contributed by atoms with Crippen molar-refractivity contribution in [3.05, 3.63) is 42.6 Å². The van der Waals surface area contributed by atoms with Gasteiger partial charge in [0.1, 0.15) is 5.75 Å². The predicted octanol–water partition coefficient (Wildman–Crippen LogP) is 1.51. The van der Waals surface area contributed by atoms with Gasteiger partial charge in [0.15, 0.2) is 11.5 Å². The zero-order valence-electron chi connectivity index (χ0n) is 12.1. The zero-order chi connectivity index (χ0) is 14.9. The number of phenols is 1. The molecular weight excluding hydrogens is 278 g/mol. The van der Waals surface area contributed by atoms with Gasteiger partial charge in [-0.2, -0.15) is 0 Å². The summed E-state index contributed by atoms with van der Waals surface area (Å²) in [5, 5.41) is 17.4. The topological polar surface area (TPSA) is 65.7 Å². The highest BCUT2D eigenvalue weighted by atomic mass is 16.3. The molecule has 1 aliphatic heterocycles. The van der Waals surface area contributed by atoms with Crippen LogP contribution in [0.15, 0.2) is 42.6 Å². The Morgan fingerprint density at radius 1 is 1.09 bits per heavy atom. The molecule has 6 nitrogen and oxygen atoms in total. The van der Waals surface area contributed by atoms with Crippen molar-refractivity contribution >= 4 is 11.3 Å². The maximum absolute atomic E-state index is 9.59. The van der Waals surface area contributed by atoms with Gasteiger partial charge in [-0.15, -0.1) is 5.10 Å². The van der Waals surface area contributed by atoms with Gasteiger partial charge in [0.25, 0.3) is 0 Å². The monoisotopic (exact) mass is 295 g/mol. The number of fused-ring (bicyclic) bond motifs is 1. The first-order valence-corrected chi connectivity index (χ1v) is 7.41. The van der Waals surface area contributed by atoms with Crippen LogP contribution in [-0.4, -0.2) is 45.9 Å². The van der Waals surface area contributed by atoms with E-state index in [9.17, 15) is 5.11 Å². The van der Waals surface area contributed by atoms with Gasteiger partial charge in [0.2, 0.25) is 0 Å². The van der Waals surface area contributed by atoms with Crippen molar-refractivity contribution in [2.75, 3.05) is 31.1 Å². The fraction of sp³-hybridized carbons (Fsp3) is 0.250. The van der Waals surface area contributed by atoms with Crippen molar-refractivity contribution in [3.8, 4) is 17.1 Å². The van der Waals surface area contributed by atoms with Crippen LogP contribution in [0.2, 0.25) is 0 Å². The van der Waals surface area contributed by atoms with Gasteiger partial charge in [0.05, 0.1) is 0 Å². The number of phenolic OH excluding ortho intramolecular Hbond substituents is 1. The van der Waals surface area contributed by atoms with Crippen LogP contribution >= 0.6 is 0 Å². The van der Waals surface area contributed by atoms with Crippen LogP contribution in [0.25, 0.3) is 17.0 Å². The van der Waals surface area contributed by atoms with Crippen molar-refractivity contribution in [2.24, 2.45) is 0 Å². The normalized spacial score (nSPS) is 15.4. The van der Waals surface area contributed by atoms with E-state index in [1.165, 1.54) is 5.69 Å². The molecule has 112 valence electrons. The Kier molecular flexibility index (Phi) is 3.16. The Morgan fingerprint density at radius 3 is 2.77 bits per heavy atom. The van der Waals surface area contributed by atoms with Crippen LogP contribution in [0.1, 0.15) is 0 Å². The molecule has 1 fully saturated rings. The first-order valence-electron chi connectivity index (χ1n) is 7.41. The van der Waals surface area contributed by atoms with Gasteiger partial charge >= 0.3 is 0 Å². The molecule has 1 saturated heterocycles. The van der Waals surface area contributed by atoms with E-state index in [-0.39, 0.29) is 5.75 Å². The summed E-state index contributed by atoms with van der Waals surface area (Å²) in [7, 11) is 0. The summed E-state index contributed by atoms with van der Waals surface area (Å²) in [4.78, 5) is 6.92. The maximum atomic E-state index is 9.59. The molecule has 6 heteroatoms. The van der Waals surface area contributed by atoms with Gasteiger partial charge in [-0.1, -0.05) is 12.1 Å². The zero-order valence-corrected chi connectivity index (χ0v) is 12.1. The molecule has 1 aromatic carbocycles. The fourth-order valence-corrected chi connectivity index (χ4v) is 2.76. The maximum Gasteiger partial charge on any atom is 0.182 e. The highest BCUT2D eigenvalue weighted by Crippen LogP contribution is 2.22. The van der Waals surface area contributed by atoms with Crippen molar-refractivity contribution in [2.45, 2.75) is 0 Å². The molecule has 0 amide bonds. The van der Waals surface area contributed by atoms with Crippen LogP contribution in [0.4, 0.5) is 5.69 Å². The fourth-order valence-electron chi connectivity index (χ4n) is 2.76. The summed E-state index contributed by atoms with van der Waals surface area (Å²) in [6.45, 7) is 4.02. The van der Waals surface area contributed by atoms with E-state index in [1.54, 1.807) is 22.7 Å². The van der Waals surface area contributed by atoms with Gasteiger partial charge in [0, 0.05) is 49.7 Å². The molecule has 0 atom stereocenters. The van der Waals surface area contributed by atoms with Gasteiger partial charge < -0.3 is 15.3 Å². The third-order valence-corrected chi connectivity index (χ3v) is 3.91. The van der Waals surface area contributed by atoms with Crippen LogP contribution < -0.4 is 10.2 Å². The number of piperazine rings is 1. The summed E-state index contributed by atoms with van der Waals surface area (Å²) >= 11 is 0. The SMILES string of the molecule is Oc1cccc(-c2nc3cc(N4CCNCC4)ccn3n2)c1. The smallest absolute Gasteiger partial charge is 0.182 e. The van der Waals surface area contributed by atoms with Gasteiger partial charge in [-0.05, 0) is 18.2 Å². The number of hydrogen-bond donors (Lipinski definition) is 2. The number of aromatic nitrogens is 3. The van der Waals surface area contributed by atoms with E-state index in [4.69, 9.17) is 0 Å². The van der Waals surface area contributed by atoms with E-state index in [0.717, 1.165) is 37.4 Å². The molecule has 2 aromatic heterocycles.